The molecule has 0 heterocycles. The van der Waals surface area contributed by atoms with E-state index in [2.05, 4.69) is 0 Å². The van der Waals surface area contributed by atoms with Gasteiger partial charge in [0.25, 0.3) is 0 Å². The summed E-state index contributed by atoms with van der Waals surface area (Å²) in [5.41, 5.74) is 3.15. The van der Waals surface area contributed by atoms with Gasteiger partial charge in [-0.2, -0.15) is 0 Å². The maximum absolute atomic E-state index is 14.1. The minimum Gasteiger partial charge on any atom is -0.305 e. The summed E-state index contributed by atoms with van der Waals surface area (Å²) in [5, 5.41) is 0. The molecule has 164 valence electrons. The molecular formula is C24H32FNO3S. The Bertz CT molecular complexity index is 982. The Labute approximate surface area is 180 Å². The molecule has 0 radical (unpaired) electrons. The SMILES string of the molecule is CC(C)c1cc(F)cc(C(C)C)c1CC(=O)CS(=O)(=O)c1cccc(CN(C)C)c1. The van der Waals surface area contributed by atoms with Crippen LogP contribution in [0.25, 0.3) is 0 Å². The van der Waals surface area contributed by atoms with E-state index < -0.39 is 15.6 Å². The highest BCUT2D eigenvalue weighted by molar-refractivity contribution is 7.92. The Hall–Kier alpha value is -2.05. The fourth-order valence-corrected chi connectivity index (χ4v) is 4.97. The fraction of sp³-hybridized carbons (Fsp3) is 0.458. The zero-order chi connectivity index (χ0) is 22.6. The number of carbonyl (C=O) groups is 1. The fourth-order valence-electron chi connectivity index (χ4n) is 3.66. The predicted molar refractivity (Wildman–Crippen MR) is 119 cm³/mol. The number of benzene rings is 2. The molecule has 4 nitrogen and oxygen atoms in total. The van der Waals surface area contributed by atoms with Crippen molar-refractivity contribution in [2.75, 3.05) is 19.8 Å². The molecule has 0 amide bonds. The van der Waals surface area contributed by atoms with Gasteiger partial charge in [0.15, 0.2) is 15.6 Å². The molecule has 6 heteroatoms. The van der Waals surface area contributed by atoms with E-state index in [4.69, 9.17) is 0 Å². The van der Waals surface area contributed by atoms with E-state index in [-0.39, 0.29) is 34.8 Å². The zero-order valence-electron chi connectivity index (χ0n) is 18.7. The van der Waals surface area contributed by atoms with Gasteiger partial charge in [-0.1, -0.05) is 39.8 Å². The summed E-state index contributed by atoms with van der Waals surface area (Å²) in [7, 11) is 0.0631. The van der Waals surface area contributed by atoms with Crippen molar-refractivity contribution in [2.24, 2.45) is 0 Å². The van der Waals surface area contributed by atoms with Gasteiger partial charge in [0, 0.05) is 13.0 Å². The number of hydrogen-bond acceptors (Lipinski definition) is 4. The van der Waals surface area contributed by atoms with Crippen molar-refractivity contribution in [3.63, 3.8) is 0 Å². The molecule has 2 aromatic rings. The van der Waals surface area contributed by atoms with Crippen LogP contribution in [0.3, 0.4) is 0 Å². The number of carbonyl (C=O) groups excluding carboxylic acids is 1. The van der Waals surface area contributed by atoms with Crippen molar-refractivity contribution in [1.82, 2.24) is 4.90 Å². The highest BCUT2D eigenvalue weighted by Crippen LogP contribution is 2.30. The van der Waals surface area contributed by atoms with Crippen LogP contribution in [0.15, 0.2) is 41.3 Å². The van der Waals surface area contributed by atoms with Crippen molar-refractivity contribution in [3.05, 3.63) is 64.5 Å². The number of halogens is 1. The normalized spacial score (nSPS) is 12.2. The third kappa shape index (κ3) is 6.22. The Morgan fingerprint density at radius 3 is 2.07 bits per heavy atom. The van der Waals surface area contributed by atoms with Crippen LogP contribution in [0.1, 0.15) is 61.8 Å². The molecule has 30 heavy (non-hydrogen) atoms. The van der Waals surface area contributed by atoms with Gasteiger partial charge in [-0.15, -0.1) is 0 Å². The van der Waals surface area contributed by atoms with E-state index in [1.807, 2.05) is 52.8 Å². The third-order valence-corrected chi connectivity index (χ3v) is 6.68. The molecule has 2 rings (SSSR count). The topological polar surface area (TPSA) is 54.5 Å². The number of ketones is 1. The molecule has 0 aliphatic carbocycles. The first-order chi connectivity index (χ1) is 13.9. The lowest BCUT2D eigenvalue weighted by atomic mass is 9.86. The van der Waals surface area contributed by atoms with E-state index in [1.165, 1.54) is 18.2 Å². The molecule has 0 aromatic heterocycles. The maximum Gasteiger partial charge on any atom is 0.185 e. The number of hydrogen-bond donors (Lipinski definition) is 0. The first kappa shape index (κ1) is 24.2. The molecule has 0 fully saturated rings. The molecule has 0 atom stereocenters. The molecule has 0 bridgehead atoms. The molecule has 0 saturated heterocycles. The van der Waals surface area contributed by atoms with Crippen LogP contribution in [0.4, 0.5) is 4.39 Å². The largest absolute Gasteiger partial charge is 0.305 e. The summed E-state index contributed by atoms with van der Waals surface area (Å²) in [4.78, 5) is 14.9. The minimum atomic E-state index is -3.75. The molecule has 0 spiro atoms. The average Bonchev–Trinajstić information content (AvgIpc) is 2.61. The summed E-state index contributed by atoms with van der Waals surface area (Å²) >= 11 is 0. The summed E-state index contributed by atoms with van der Waals surface area (Å²) in [5.74, 6) is -1.22. The lowest BCUT2D eigenvalue weighted by Crippen LogP contribution is -2.20. The van der Waals surface area contributed by atoms with Gasteiger partial charge in [-0.05, 0) is 72.5 Å². The monoisotopic (exact) mass is 433 g/mol. The van der Waals surface area contributed by atoms with Crippen molar-refractivity contribution < 1.29 is 17.6 Å². The van der Waals surface area contributed by atoms with Gasteiger partial charge < -0.3 is 4.90 Å². The summed E-state index contributed by atoms with van der Waals surface area (Å²) < 4.78 is 39.8. The van der Waals surface area contributed by atoms with Gasteiger partial charge in [0.2, 0.25) is 0 Å². The van der Waals surface area contributed by atoms with Gasteiger partial charge in [0.1, 0.15) is 11.6 Å². The Morgan fingerprint density at radius 1 is 1.00 bits per heavy atom. The van der Waals surface area contributed by atoms with Crippen molar-refractivity contribution in [2.45, 2.75) is 57.4 Å². The minimum absolute atomic E-state index is 0.0159. The van der Waals surface area contributed by atoms with Gasteiger partial charge in [-0.25, -0.2) is 12.8 Å². The molecule has 2 aromatic carbocycles. The molecule has 0 saturated carbocycles. The van der Waals surface area contributed by atoms with Crippen LogP contribution in [0.5, 0.6) is 0 Å². The lowest BCUT2D eigenvalue weighted by Gasteiger charge is -2.20. The Balaban J connectivity index is 2.31. The van der Waals surface area contributed by atoms with Gasteiger partial charge >= 0.3 is 0 Å². The number of sulfone groups is 1. The maximum atomic E-state index is 14.1. The van der Waals surface area contributed by atoms with Crippen molar-refractivity contribution in [1.29, 1.82) is 0 Å². The van der Waals surface area contributed by atoms with E-state index in [1.54, 1.807) is 12.1 Å². The van der Waals surface area contributed by atoms with Crippen molar-refractivity contribution in [3.8, 4) is 0 Å². The number of nitrogens with zero attached hydrogens (tertiary/aromatic N) is 1. The summed E-state index contributed by atoms with van der Waals surface area (Å²) in [6, 6.07) is 9.63. The smallest absolute Gasteiger partial charge is 0.185 e. The van der Waals surface area contributed by atoms with E-state index in [0.717, 1.165) is 22.3 Å². The van der Waals surface area contributed by atoms with Gasteiger partial charge in [-0.3, -0.25) is 4.79 Å². The second kappa shape index (κ2) is 9.84. The molecule has 0 N–H and O–H groups in total. The van der Waals surface area contributed by atoms with Crippen LogP contribution >= 0.6 is 0 Å². The highest BCUT2D eigenvalue weighted by Gasteiger charge is 2.23. The van der Waals surface area contributed by atoms with Crippen LogP contribution in [-0.4, -0.2) is 38.9 Å². The average molecular weight is 434 g/mol. The van der Waals surface area contributed by atoms with Crippen LogP contribution in [0.2, 0.25) is 0 Å². The molecule has 0 unspecified atom stereocenters. The molecule has 0 aliphatic rings. The standard InChI is InChI=1S/C24H32FNO3S/c1-16(2)22-11-19(25)12-23(17(3)4)24(22)13-20(27)15-30(28,29)21-9-7-8-18(10-21)14-26(5)6/h7-12,16-17H,13-15H2,1-6H3. The first-order valence-corrected chi connectivity index (χ1v) is 11.9. The lowest BCUT2D eigenvalue weighted by molar-refractivity contribution is -0.116. The first-order valence-electron chi connectivity index (χ1n) is 10.2. The Morgan fingerprint density at radius 2 is 1.57 bits per heavy atom. The highest BCUT2D eigenvalue weighted by atomic mass is 32.2. The molecular weight excluding hydrogens is 401 g/mol. The zero-order valence-corrected chi connectivity index (χ0v) is 19.5. The van der Waals surface area contributed by atoms with Crippen molar-refractivity contribution >= 4 is 15.6 Å². The summed E-state index contributed by atoms with van der Waals surface area (Å²) in [6.07, 6.45) is -0.0159. The van der Waals surface area contributed by atoms with Crippen LogP contribution in [0, 0.1) is 5.82 Å². The Kier molecular flexibility index (Phi) is 7.94. The quantitative estimate of drug-likeness (QED) is 0.574. The van der Waals surface area contributed by atoms with Gasteiger partial charge in [0.05, 0.1) is 4.90 Å². The van der Waals surface area contributed by atoms with Crippen LogP contribution < -0.4 is 0 Å². The second-order valence-corrected chi connectivity index (χ2v) is 10.7. The van der Waals surface area contributed by atoms with Crippen LogP contribution in [-0.2, 0) is 27.6 Å². The van der Waals surface area contributed by atoms with E-state index in [9.17, 15) is 17.6 Å². The second-order valence-electron chi connectivity index (χ2n) is 8.73. The van der Waals surface area contributed by atoms with E-state index in [0.29, 0.717) is 6.54 Å². The van der Waals surface area contributed by atoms with E-state index >= 15 is 0 Å². The predicted octanol–water partition coefficient (Wildman–Crippen LogP) is 4.72. The molecule has 0 aliphatic heterocycles. The number of rotatable bonds is 9. The summed E-state index contributed by atoms with van der Waals surface area (Å²) in [6.45, 7) is 8.39. The number of Topliss-reactive ketones (excluding diaryl/α,β-unsaturated/α-hetero) is 1. The third-order valence-electron chi connectivity index (χ3n) is 5.01.